The summed E-state index contributed by atoms with van der Waals surface area (Å²) in [4.78, 5) is 20.5. The number of likely N-dealkylation sites (tertiary alicyclic amines) is 1. The van der Waals surface area contributed by atoms with Gasteiger partial charge in [0.2, 0.25) is 0 Å². The van der Waals surface area contributed by atoms with Gasteiger partial charge in [0.1, 0.15) is 6.10 Å². The Hall–Kier alpha value is -3.06. The van der Waals surface area contributed by atoms with E-state index >= 15 is 0 Å². The van der Waals surface area contributed by atoms with E-state index in [2.05, 4.69) is 9.97 Å². The molecule has 0 aliphatic carbocycles. The lowest BCUT2D eigenvalue weighted by Crippen LogP contribution is -2.44. The van der Waals surface area contributed by atoms with Crippen molar-refractivity contribution in [1.29, 1.82) is 0 Å². The molecule has 0 N–H and O–H groups in total. The van der Waals surface area contributed by atoms with Crippen LogP contribution in [0.15, 0.2) is 30.5 Å². The number of rotatable bonds is 3. The fraction of sp³-hybridized carbons (Fsp3) is 0.421. The van der Waals surface area contributed by atoms with Crippen LogP contribution >= 0.6 is 0 Å². The number of alkyl halides is 9. The molecule has 0 spiro atoms. The third-order valence-corrected chi connectivity index (χ3v) is 4.70. The van der Waals surface area contributed by atoms with Crippen LogP contribution in [-0.4, -0.2) is 40.0 Å². The summed E-state index contributed by atoms with van der Waals surface area (Å²) in [6.45, 7) is -0.296. The second-order valence-electron chi connectivity index (χ2n) is 7.15. The van der Waals surface area contributed by atoms with E-state index in [0.29, 0.717) is 18.2 Å². The smallest absolute Gasteiger partial charge is 0.433 e. The van der Waals surface area contributed by atoms with E-state index in [0.717, 1.165) is 11.1 Å². The first-order chi connectivity index (χ1) is 15.1. The molecule has 3 rings (SSSR count). The molecular weight excluding hydrogens is 473 g/mol. The standard InChI is InChI=1S/C19H14F9N3O2/c20-17(21,22)11-6-10(7-12(8-11)18(23,24)25)15(32)31-5-1-2-13(9-31)33-16-29-4-3-14(30-16)19(26,27)28/h3-4,6-8,13H,1-2,5,9H2. The SMILES string of the molecule is O=C(c1cc(C(F)(F)F)cc(C(F)(F)F)c1)N1CCCC(Oc2nccc(C(F)(F)F)n2)C1. The molecule has 0 bridgehead atoms. The number of halogens is 9. The molecule has 1 atom stereocenters. The molecule has 1 aromatic carbocycles. The Bertz CT molecular complexity index is 987. The molecule has 2 heterocycles. The summed E-state index contributed by atoms with van der Waals surface area (Å²) in [5.41, 5.74) is -5.36. The van der Waals surface area contributed by atoms with Crippen LogP contribution in [0.5, 0.6) is 6.01 Å². The fourth-order valence-corrected chi connectivity index (χ4v) is 3.18. The number of hydrogen-bond donors (Lipinski definition) is 0. The van der Waals surface area contributed by atoms with E-state index < -0.39 is 58.9 Å². The molecular formula is C19H14F9N3O2. The lowest BCUT2D eigenvalue weighted by atomic mass is 10.0. The summed E-state index contributed by atoms with van der Waals surface area (Å²) < 4.78 is 122. The first-order valence-corrected chi connectivity index (χ1v) is 9.30. The van der Waals surface area contributed by atoms with Gasteiger partial charge in [-0.2, -0.15) is 44.5 Å². The van der Waals surface area contributed by atoms with Crippen LogP contribution in [0.1, 0.15) is 40.0 Å². The van der Waals surface area contributed by atoms with Crippen molar-refractivity contribution in [2.45, 2.75) is 37.5 Å². The molecule has 0 radical (unpaired) electrons. The highest BCUT2D eigenvalue weighted by molar-refractivity contribution is 5.94. The maximum Gasteiger partial charge on any atom is 0.433 e. The minimum atomic E-state index is -5.12. The molecule has 1 fully saturated rings. The van der Waals surface area contributed by atoms with E-state index in [1.807, 2.05) is 0 Å². The highest BCUT2D eigenvalue weighted by Crippen LogP contribution is 2.37. The summed E-state index contributed by atoms with van der Waals surface area (Å²) in [6, 6.07) is 0.539. The monoisotopic (exact) mass is 487 g/mol. The van der Waals surface area contributed by atoms with E-state index in [9.17, 15) is 44.3 Å². The molecule has 14 heteroatoms. The van der Waals surface area contributed by atoms with Crippen LogP contribution in [0.2, 0.25) is 0 Å². The van der Waals surface area contributed by atoms with Gasteiger partial charge in [-0.25, -0.2) is 4.98 Å². The van der Waals surface area contributed by atoms with E-state index in [1.165, 1.54) is 0 Å². The highest BCUT2D eigenvalue weighted by Gasteiger charge is 2.38. The second kappa shape index (κ2) is 8.71. The summed E-state index contributed by atoms with van der Waals surface area (Å²) >= 11 is 0. The van der Waals surface area contributed by atoms with E-state index in [-0.39, 0.29) is 32.0 Å². The quantitative estimate of drug-likeness (QED) is 0.558. The minimum absolute atomic E-state index is 0.000260. The maximum absolute atomic E-state index is 13.1. The Balaban J connectivity index is 1.81. The number of benzene rings is 1. The van der Waals surface area contributed by atoms with Crippen molar-refractivity contribution in [2.24, 2.45) is 0 Å². The van der Waals surface area contributed by atoms with Crippen LogP contribution < -0.4 is 4.74 Å². The molecule has 1 aliphatic rings. The van der Waals surface area contributed by atoms with Gasteiger partial charge in [-0.05, 0) is 37.1 Å². The van der Waals surface area contributed by atoms with Crippen molar-refractivity contribution in [1.82, 2.24) is 14.9 Å². The average Bonchev–Trinajstić information content (AvgIpc) is 2.71. The average molecular weight is 487 g/mol. The molecule has 2 aromatic rings. The topological polar surface area (TPSA) is 55.3 Å². The first kappa shape index (κ1) is 24.6. The molecule has 1 unspecified atom stereocenters. The summed E-state index contributed by atoms with van der Waals surface area (Å²) in [5, 5.41) is 0. The number of aromatic nitrogens is 2. The molecule has 5 nitrogen and oxygen atoms in total. The Morgan fingerprint density at radius 1 is 0.939 bits per heavy atom. The van der Waals surface area contributed by atoms with E-state index in [1.54, 1.807) is 0 Å². The minimum Gasteiger partial charge on any atom is -0.458 e. The van der Waals surface area contributed by atoms with Gasteiger partial charge < -0.3 is 9.64 Å². The molecule has 0 saturated carbocycles. The van der Waals surface area contributed by atoms with Gasteiger partial charge >= 0.3 is 24.5 Å². The highest BCUT2D eigenvalue weighted by atomic mass is 19.4. The van der Waals surface area contributed by atoms with Crippen molar-refractivity contribution in [3.05, 3.63) is 52.8 Å². The van der Waals surface area contributed by atoms with E-state index in [4.69, 9.17) is 4.74 Å². The zero-order valence-electron chi connectivity index (χ0n) is 16.4. The van der Waals surface area contributed by atoms with Gasteiger partial charge in [-0.15, -0.1) is 0 Å². The number of carbonyl (C=O) groups is 1. The second-order valence-corrected chi connectivity index (χ2v) is 7.15. The van der Waals surface area contributed by atoms with Crippen molar-refractivity contribution >= 4 is 5.91 Å². The van der Waals surface area contributed by atoms with Gasteiger partial charge in [0.05, 0.1) is 17.7 Å². The van der Waals surface area contributed by atoms with Gasteiger partial charge in [-0.1, -0.05) is 0 Å². The number of piperidine rings is 1. The van der Waals surface area contributed by atoms with Gasteiger partial charge in [0.15, 0.2) is 5.69 Å². The van der Waals surface area contributed by atoms with Crippen molar-refractivity contribution in [3.63, 3.8) is 0 Å². The van der Waals surface area contributed by atoms with Gasteiger partial charge in [0, 0.05) is 18.3 Å². The van der Waals surface area contributed by atoms with Crippen molar-refractivity contribution in [3.8, 4) is 6.01 Å². The molecule has 1 saturated heterocycles. The maximum atomic E-state index is 13.1. The Morgan fingerprint density at radius 3 is 2.09 bits per heavy atom. The predicted octanol–water partition coefficient (Wildman–Crippen LogP) is 5.22. The first-order valence-electron chi connectivity index (χ1n) is 9.30. The fourth-order valence-electron chi connectivity index (χ4n) is 3.18. The number of amides is 1. The zero-order chi connectivity index (χ0) is 24.6. The zero-order valence-corrected chi connectivity index (χ0v) is 16.4. The summed E-state index contributed by atoms with van der Waals surface area (Å²) in [5.74, 6) is -1.11. The van der Waals surface area contributed by atoms with Gasteiger partial charge in [0.25, 0.3) is 5.91 Å². The number of nitrogens with zero attached hydrogens (tertiary/aromatic N) is 3. The summed E-state index contributed by atoms with van der Waals surface area (Å²) in [6.07, 6.45) is -14.6. The number of hydrogen-bond acceptors (Lipinski definition) is 4. The van der Waals surface area contributed by atoms with Crippen LogP contribution in [0.4, 0.5) is 39.5 Å². The molecule has 1 amide bonds. The van der Waals surface area contributed by atoms with Crippen LogP contribution in [0, 0.1) is 0 Å². The molecule has 1 aliphatic heterocycles. The van der Waals surface area contributed by atoms with Crippen LogP contribution in [0.3, 0.4) is 0 Å². The normalized spacial score (nSPS) is 17.7. The largest absolute Gasteiger partial charge is 0.458 e. The summed E-state index contributed by atoms with van der Waals surface area (Å²) in [7, 11) is 0. The Morgan fingerprint density at radius 2 is 1.55 bits per heavy atom. The lowest BCUT2D eigenvalue weighted by Gasteiger charge is -2.32. The number of ether oxygens (including phenoxy) is 1. The molecule has 33 heavy (non-hydrogen) atoms. The molecule has 180 valence electrons. The van der Waals surface area contributed by atoms with Crippen molar-refractivity contribution in [2.75, 3.05) is 13.1 Å². The van der Waals surface area contributed by atoms with Gasteiger partial charge in [-0.3, -0.25) is 4.79 Å². The predicted molar refractivity (Wildman–Crippen MR) is 93.0 cm³/mol. The Kier molecular flexibility index (Phi) is 6.48. The number of carbonyl (C=O) groups excluding carboxylic acids is 1. The third-order valence-electron chi connectivity index (χ3n) is 4.70. The van der Waals surface area contributed by atoms with Crippen molar-refractivity contribution < 1.29 is 49.0 Å². The lowest BCUT2D eigenvalue weighted by molar-refractivity contribution is -0.143. The molecule has 1 aromatic heterocycles. The third kappa shape index (κ3) is 6.05. The van der Waals surface area contributed by atoms with Crippen LogP contribution in [0.25, 0.3) is 0 Å². The Labute approximate surface area is 180 Å². The van der Waals surface area contributed by atoms with Crippen LogP contribution in [-0.2, 0) is 18.5 Å².